The summed E-state index contributed by atoms with van der Waals surface area (Å²) in [6.07, 6.45) is 0.0485. The van der Waals surface area contributed by atoms with Gasteiger partial charge in [0.15, 0.2) is 6.10 Å². The Kier molecular flexibility index (Phi) is 2.63. The van der Waals surface area contributed by atoms with E-state index in [1.807, 2.05) is 12.1 Å². The third kappa shape index (κ3) is 1.84. The van der Waals surface area contributed by atoms with Gasteiger partial charge in [-0.1, -0.05) is 12.1 Å². The zero-order valence-electron chi connectivity index (χ0n) is 10.0. The fourth-order valence-electron chi connectivity index (χ4n) is 2.38. The van der Waals surface area contributed by atoms with E-state index in [4.69, 9.17) is 4.74 Å². The molecule has 0 saturated heterocycles. The highest BCUT2D eigenvalue weighted by molar-refractivity contribution is 5.89. The first kappa shape index (κ1) is 10.4. The third-order valence-corrected chi connectivity index (χ3v) is 3.25. The van der Waals surface area contributed by atoms with Crippen molar-refractivity contribution in [3.63, 3.8) is 0 Å². The maximum atomic E-state index is 6.01. The molecule has 0 radical (unpaired) electrons. The predicted molar refractivity (Wildman–Crippen MR) is 69.0 cm³/mol. The molecular formula is C13H17N3O. The zero-order chi connectivity index (χ0) is 11.7. The Labute approximate surface area is 101 Å². The molecule has 0 fully saturated rings. The molecule has 1 atom stereocenters. The first-order chi connectivity index (χ1) is 8.38. The number of fused-ring (bicyclic) bond motifs is 1. The Bertz CT molecular complexity index is 444. The van der Waals surface area contributed by atoms with Gasteiger partial charge >= 0.3 is 0 Å². The lowest BCUT2D eigenvalue weighted by atomic mass is 10.2. The molecular weight excluding hydrogens is 214 g/mol. The van der Waals surface area contributed by atoms with E-state index >= 15 is 0 Å². The van der Waals surface area contributed by atoms with Gasteiger partial charge in [0.25, 0.3) is 0 Å². The third-order valence-electron chi connectivity index (χ3n) is 3.25. The van der Waals surface area contributed by atoms with Gasteiger partial charge in [-0.05, 0) is 19.1 Å². The second kappa shape index (κ2) is 4.28. The predicted octanol–water partition coefficient (Wildman–Crippen LogP) is 1.28. The van der Waals surface area contributed by atoms with E-state index in [0.29, 0.717) is 0 Å². The quantitative estimate of drug-likeness (QED) is 0.833. The van der Waals surface area contributed by atoms with Crippen molar-refractivity contribution in [1.82, 2.24) is 5.32 Å². The summed E-state index contributed by atoms with van der Waals surface area (Å²) in [5, 5.41) is 3.30. The number of para-hydroxylation sites is 2. The smallest absolute Gasteiger partial charge is 0.173 e. The lowest BCUT2D eigenvalue weighted by molar-refractivity contribution is 0.253. The molecule has 0 aliphatic carbocycles. The first-order valence-corrected chi connectivity index (χ1v) is 6.17. The minimum atomic E-state index is 0.0485. The Hall–Kier alpha value is -1.71. The van der Waals surface area contributed by atoms with Crippen molar-refractivity contribution >= 4 is 11.5 Å². The number of nitrogens with one attached hydrogen (secondary N) is 1. The van der Waals surface area contributed by atoms with Crippen molar-refractivity contribution < 1.29 is 4.74 Å². The number of ether oxygens (including phenoxy) is 1. The number of anilines is 1. The highest BCUT2D eigenvalue weighted by Crippen LogP contribution is 2.32. The number of nitrogens with zero attached hydrogens (tertiary/aromatic N) is 2. The highest BCUT2D eigenvalue weighted by atomic mass is 16.5. The van der Waals surface area contributed by atoms with Crippen LogP contribution in [-0.4, -0.2) is 38.1 Å². The van der Waals surface area contributed by atoms with Crippen molar-refractivity contribution in [3.05, 3.63) is 24.3 Å². The molecule has 3 rings (SSSR count). The summed E-state index contributed by atoms with van der Waals surface area (Å²) in [6, 6.07) is 8.20. The molecule has 90 valence electrons. The molecule has 2 heterocycles. The van der Waals surface area contributed by atoms with Gasteiger partial charge in [-0.25, -0.2) is 0 Å². The molecule has 4 heteroatoms. The SMILES string of the molecule is CCN1CC(C2=NCCN2)Oc2ccccc21. The van der Waals surface area contributed by atoms with E-state index in [2.05, 4.69) is 34.3 Å². The Balaban J connectivity index is 1.89. The monoisotopic (exact) mass is 231 g/mol. The van der Waals surface area contributed by atoms with Crippen LogP contribution in [0.2, 0.25) is 0 Å². The number of hydrogen-bond donors (Lipinski definition) is 1. The number of benzene rings is 1. The fraction of sp³-hybridized carbons (Fsp3) is 0.462. The molecule has 4 nitrogen and oxygen atoms in total. The van der Waals surface area contributed by atoms with Gasteiger partial charge in [-0.3, -0.25) is 4.99 Å². The molecule has 0 bridgehead atoms. The van der Waals surface area contributed by atoms with Crippen LogP contribution in [0, 0.1) is 0 Å². The van der Waals surface area contributed by atoms with E-state index in [9.17, 15) is 0 Å². The van der Waals surface area contributed by atoms with Crippen LogP contribution >= 0.6 is 0 Å². The van der Waals surface area contributed by atoms with Crippen molar-refractivity contribution in [2.45, 2.75) is 13.0 Å². The van der Waals surface area contributed by atoms with Crippen LogP contribution < -0.4 is 15.0 Å². The van der Waals surface area contributed by atoms with Gasteiger partial charge in [0, 0.05) is 13.1 Å². The molecule has 17 heavy (non-hydrogen) atoms. The molecule has 2 aliphatic rings. The minimum Gasteiger partial charge on any atom is -0.478 e. The summed E-state index contributed by atoms with van der Waals surface area (Å²) in [5.74, 6) is 1.96. The molecule has 1 N–H and O–H groups in total. The van der Waals surface area contributed by atoms with Gasteiger partial charge in [-0.2, -0.15) is 0 Å². The summed E-state index contributed by atoms with van der Waals surface area (Å²) >= 11 is 0. The summed E-state index contributed by atoms with van der Waals surface area (Å²) in [6.45, 7) is 5.83. The summed E-state index contributed by atoms with van der Waals surface area (Å²) < 4.78 is 6.01. The molecule has 1 aromatic carbocycles. The Morgan fingerprint density at radius 3 is 3.12 bits per heavy atom. The number of amidine groups is 1. The topological polar surface area (TPSA) is 36.9 Å². The average molecular weight is 231 g/mol. The normalized spacial score (nSPS) is 22.5. The van der Waals surface area contributed by atoms with Gasteiger partial charge in [0.2, 0.25) is 0 Å². The first-order valence-electron chi connectivity index (χ1n) is 6.17. The number of aliphatic imine (C=N–C) groups is 1. The van der Waals surface area contributed by atoms with E-state index < -0.39 is 0 Å². The van der Waals surface area contributed by atoms with Crippen LogP contribution in [0.15, 0.2) is 29.3 Å². The fourth-order valence-corrected chi connectivity index (χ4v) is 2.38. The lowest BCUT2D eigenvalue weighted by Gasteiger charge is -2.35. The maximum absolute atomic E-state index is 6.01. The summed E-state index contributed by atoms with van der Waals surface area (Å²) in [4.78, 5) is 6.79. The van der Waals surface area contributed by atoms with E-state index in [0.717, 1.165) is 37.8 Å². The minimum absolute atomic E-state index is 0.0485. The molecule has 0 aromatic heterocycles. The van der Waals surface area contributed by atoms with Crippen molar-refractivity contribution in [2.75, 3.05) is 31.1 Å². The van der Waals surface area contributed by atoms with Crippen LogP contribution in [0.4, 0.5) is 5.69 Å². The number of rotatable bonds is 2. The lowest BCUT2D eigenvalue weighted by Crippen LogP contribution is -2.47. The maximum Gasteiger partial charge on any atom is 0.173 e. The number of hydrogen-bond acceptors (Lipinski definition) is 4. The molecule has 1 aromatic rings. The van der Waals surface area contributed by atoms with Crippen LogP contribution in [0.25, 0.3) is 0 Å². The molecule has 0 spiro atoms. The molecule has 0 amide bonds. The highest BCUT2D eigenvalue weighted by Gasteiger charge is 2.29. The van der Waals surface area contributed by atoms with Crippen molar-refractivity contribution in [2.24, 2.45) is 4.99 Å². The van der Waals surface area contributed by atoms with Crippen LogP contribution in [0.3, 0.4) is 0 Å². The number of likely N-dealkylation sites (N-methyl/N-ethyl adjacent to an activating group) is 1. The largest absolute Gasteiger partial charge is 0.478 e. The molecule has 2 aliphatic heterocycles. The van der Waals surface area contributed by atoms with E-state index in [1.54, 1.807) is 0 Å². The van der Waals surface area contributed by atoms with E-state index in [-0.39, 0.29) is 6.10 Å². The Morgan fingerprint density at radius 1 is 1.47 bits per heavy atom. The van der Waals surface area contributed by atoms with E-state index in [1.165, 1.54) is 5.69 Å². The molecule has 1 unspecified atom stereocenters. The molecule has 0 saturated carbocycles. The van der Waals surface area contributed by atoms with Gasteiger partial charge < -0.3 is 15.0 Å². The average Bonchev–Trinajstić information content (AvgIpc) is 2.91. The van der Waals surface area contributed by atoms with Gasteiger partial charge in [-0.15, -0.1) is 0 Å². The van der Waals surface area contributed by atoms with Gasteiger partial charge in [0.1, 0.15) is 11.6 Å². The summed E-state index contributed by atoms with van der Waals surface area (Å²) in [7, 11) is 0. The van der Waals surface area contributed by atoms with Crippen LogP contribution in [0.5, 0.6) is 5.75 Å². The van der Waals surface area contributed by atoms with Crippen LogP contribution in [-0.2, 0) is 0 Å². The van der Waals surface area contributed by atoms with Gasteiger partial charge in [0.05, 0.1) is 18.8 Å². The van der Waals surface area contributed by atoms with Crippen molar-refractivity contribution in [1.29, 1.82) is 0 Å². The van der Waals surface area contributed by atoms with Crippen molar-refractivity contribution in [3.8, 4) is 5.75 Å². The zero-order valence-corrected chi connectivity index (χ0v) is 10.0. The second-order valence-electron chi connectivity index (χ2n) is 4.31. The standard InChI is InChI=1S/C13H17N3O/c1-2-16-9-12(13-14-7-8-15-13)17-11-6-4-3-5-10(11)16/h3-6,12H,2,7-9H2,1H3,(H,14,15). The summed E-state index contributed by atoms with van der Waals surface area (Å²) in [5.41, 5.74) is 1.19. The van der Waals surface area contributed by atoms with Crippen LogP contribution in [0.1, 0.15) is 6.92 Å². The Morgan fingerprint density at radius 2 is 2.35 bits per heavy atom. The second-order valence-corrected chi connectivity index (χ2v) is 4.31.